The lowest BCUT2D eigenvalue weighted by molar-refractivity contribution is -0.114. The van der Waals surface area contributed by atoms with Gasteiger partial charge in [-0.2, -0.15) is 4.31 Å². The van der Waals surface area contributed by atoms with Gasteiger partial charge < -0.3 is 10.6 Å². The zero-order valence-corrected chi connectivity index (χ0v) is 12.7. The van der Waals surface area contributed by atoms with Gasteiger partial charge in [0.05, 0.1) is 0 Å². The van der Waals surface area contributed by atoms with Crippen molar-refractivity contribution in [3.63, 3.8) is 0 Å². The van der Waals surface area contributed by atoms with Gasteiger partial charge in [-0.25, -0.2) is 12.8 Å². The van der Waals surface area contributed by atoms with Gasteiger partial charge in [-0.05, 0) is 25.1 Å². The molecule has 0 unspecified atom stereocenters. The van der Waals surface area contributed by atoms with Gasteiger partial charge in [0, 0.05) is 38.3 Å². The monoisotopic (exact) mass is 315 g/mol. The van der Waals surface area contributed by atoms with Crippen molar-refractivity contribution < 1.29 is 17.6 Å². The average Bonchev–Trinajstić information content (AvgIpc) is 2.37. The highest BCUT2D eigenvalue weighted by atomic mass is 32.2. The van der Waals surface area contributed by atoms with Crippen LogP contribution in [0.4, 0.5) is 10.1 Å². The third-order valence-corrected chi connectivity index (χ3v) is 5.10. The molecule has 0 saturated carbocycles. The number of halogens is 1. The summed E-state index contributed by atoms with van der Waals surface area (Å²) in [6, 6.07) is 3.60. The van der Waals surface area contributed by atoms with Crippen LogP contribution in [-0.4, -0.2) is 44.3 Å². The predicted octanol–water partition coefficient (Wildman–Crippen LogP) is 0.766. The number of rotatable bonds is 3. The second-order valence-electron chi connectivity index (χ2n) is 5.04. The average molecular weight is 315 g/mol. The van der Waals surface area contributed by atoms with E-state index in [-0.39, 0.29) is 22.5 Å². The highest BCUT2D eigenvalue weighted by Gasteiger charge is 2.30. The maximum absolute atomic E-state index is 14.1. The number of nitrogens with one attached hydrogen (secondary N) is 2. The molecule has 6 nitrogen and oxygen atoms in total. The van der Waals surface area contributed by atoms with Crippen LogP contribution in [0.5, 0.6) is 0 Å². The first kappa shape index (κ1) is 15.9. The van der Waals surface area contributed by atoms with Crippen LogP contribution in [0.3, 0.4) is 0 Å². The summed E-state index contributed by atoms with van der Waals surface area (Å²) in [6.45, 7) is 4.31. The Kier molecular flexibility index (Phi) is 4.60. The van der Waals surface area contributed by atoms with Gasteiger partial charge in [0.1, 0.15) is 10.7 Å². The fourth-order valence-electron chi connectivity index (χ4n) is 2.25. The van der Waals surface area contributed by atoms with Crippen molar-refractivity contribution in [1.29, 1.82) is 0 Å². The number of anilines is 1. The van der Waals surface area contributed by atoms with Crippen LogP contribution in [0.1, 0.15) is 13.8 Å². The molecule has 116 valence electrons. The molecule has 1 aromatic carbocycles. The lowest BCUT2D eigenvalue weighted by Gasteiger charge is -2.31. The molecule has 2 N–H and O–H groups in total. The minimum Gasteiger partial charge on any atom is -0.326 e. The summed E-state index contributed by atoms with van der Waals surface area (Å²) in [7, 11) is -3.87. The Balaban J connectivity index is 2.29. The minimum atomic E-state index is -3.87. The number of amides is 1. The van der Waals surface area contributed by atoms with Crippen molar-refractivity contribution >= 4 is 21.6 Å². The van der Waals surface area contributed by atoms with E-state index >= 15 is 0 Å². The van der Waals surface area contributed by atoms with Crippen LogP contribution in [0, 0.1) is 5.82 Å². The number of carbonyl (C=O) groups excluding carboxylic acids is 1. The summed E-state index contributed by atoms with van der Waals surface area (Å²) < 4.78 is 40.3. The van der Waals surface area contributed by atoms with Gasteiger partial charge in [0.2, 0.25) is 15.9 Å². The van der Waals surface area contributed by atoms with E-state index in [1.807, 2.05) is 6.92 Å². The zero-order chi connectivity index (χ0) is 15.6. The molecule has 1 aliphatic heterocycles. The van der Waals surface area contributed by atoms with E-state index in [0.29, 0.717) is 19.6 Å². The Morgan fingerprint density at radius 2 is 2.19 bits per heavy atom. The van der Waals surface area contributed by atoms with Gasteiger partial charge in [0.25, 0.3) is 0 Å². The van der Waals surface area contributed by atoms with Gasteiger partial charge >= 0.3 is 0 Å². The van der Waals surface area contributed by atoms with Crippen molar-refractivity contribution in [3.05, 3.63) is 24.0 Å². The molecule has 0 aromatic heterocycles. The second kappa shape index (κ2) is 6.08. The Morgan fingerprint density at radius 3 is 2.76 bits per heavy atom. The number of piperazine rings is 1. The van der Waals surface area contributed by atoms with E-state index in [4.69, 9.17) is 0 Å². The van der Waals surface area contributed by atoms with E-state index in [1.165, 1.54) is 23.4 Å². The maximum atomic E-state index is 14.1. The van der Waals surface area contributed by atoms with E-state index in [1.54, 1.807) is 0 Å². The molecule has 1 saturated heterocycles. The lowest BCUT2D eigenvalue weighted by atomic mass is 10.3. The number of hydrogen-bond acceptors (Lipinski definition) is 4. The van der Waals surface area contributed by atoms with Crippen molar-refractivity contribution in [1.82, 2.24) is 9.62 Å². The van der Waals surface area contributed by atoms with Crippen molar-refractivity contribution in [2.45, 2.75) is 24.8 Å². The van der Waals surface area contributed by atoms with Gasteiger partial charge in [-0.1, -0.05) is 0 Å². The molecule has 8 heteroatoms. The number of sulfonamides is 1. The fourth-order valence-corrected chi connectivity index (χ4v) is 3.82. The molecular formula is C13H18FN3O3S. The maximum Gasteiger partial charge on any atom is 0.246 e. The van der Waals surface area contributed by atoms with Gasteiger partial charge in [-0.15, -0.1) is 0 Å². The number of hydrogen-bond donors (Lipinski definition) is 2. The van der Waals surface area contributed by atoms with Gasteiger partial charge in [-0.3, -0.25) is 4.79 Å². The SMILES string of the molecule is CC(=O)Nc1ccc(S(=O)(=O)N2CCN[C@@H](C)C2)c(F)c1. The predicted molar refractivity (Wildman–Crippen MR) is 76.9 cm³/mol. The minimum absolute atomic E-state index is 0.0234. The Hall–Kier alpha value is -1.51. The van der Waals surface area contributed by atoms with Crippen molar-refractivity contribution in [2.24, 2.45) is 0 Å². The summed E-state index contributed by atoms with van der Waals surface area (Å²) in [5.74, 6) is -1.21. The topological polar surface area (TPSA) is 78.5 Å². The smallest absolute Gasteiger partial charge is 0.246 e. The first-order valence-electron chi connectivity index (χ1n) is 6.61. The van der Waals surface area contributed by atoms with E-state index in [9.17, 15) is 17.6 Å². The molecule has 1 heterocycles. The molecule has 1 fully saturated rings. The van der Waals surface area contributed by atoms with E-state index < -0.39 is 15.8 Å². The molecule has 0 bridgehead atoms. The molecule has 0 spiro atoms. The quantitative estimate of drug-likeness (QED) is 0.863. The van der Waals surface area contributed by atoms with E-state index in [2.05, 4.69) is 10.6 Å². The highest BCUT2D eigenvalue weighted by Crippen LogP contribution is 2.23. The molecule has 1 aliphatic rings. The van der Waals surface area contributed by atoms with Crippen LogP contribution in [0.25, 0.3) is 0 Å². The molecule has 21 heavy (non-hydrogen) atoms. The second-order valence-corrected chi connectivity index (χ2v) is 6.95. The standard InChI is InChI=1S/C13H18FN3O3S/c1-9-8-17(6-5-15-9)21(19,20)13-4-3-11(7-12(13)14)16-10(2)18/h3-4,7,9,15H,5-6,8H2,1-2H3,(H,16,18)/t9-/m0/s1. The normalized spacial score (nSPS) is 20.2. The first-order valence-corrected chi connectivity index (χ1v) is 8.05. The van der Waals surface area contributed by atoms with Crippen molar-refractivity contribution in [3.8, 4) is 0 Å². The Morgan fingerprint density at radius 1 is 1.48 bits per heavy atom. The lowest BCUT2D eigenvalue weighted by Crippen LogP contribution is -2.51. The molecule has 1 aromatic rings. The molecule has 0 aliphatic carbocycles. The van der Waals surface area contributed by atoms with Crippen LogP contribution >= 0.6 is 0 Å². The summed E-state index contributed by atoms with van der Waals surface area (Å²) in [6.07, 6.45) is 0. The summed E-state index contributed by atoms with van der Waals surface area (Å²) in [5.41, 5.74) is 0.229. The molecule has 1 amide bonds. The van der Waals surface area contributed by atoms with Crippen LogP contribution < -0.4 is 10.6 Å². The first-order chi connectivity index (χ1) is 9.80. The molecule has 2 rings (SSSR count). The molecule has 0 radical (unpaired) electrons. The Bertz CT molecular complexity index is 648. The number of carbonyl (C=O) groups is 1. The third kappa shape index (κ3) is 3.58. The summed E-state index contributed by atoms with van der Waals surface area (Å²) >= 11 is 0. The van der Waals surface area contributed by atoms with Crippen molar-refractivity contribution in [2.75, 3.05) is 25.0 Å². The highest BCUT2D eigenvalue weighted by molar-refractivity contribution is 7.89. The number of nitrogens with zero attached hydrogens (tertiary/aromatic N) is 1. The van der Waals surface area contributed by atoms with E-state index in [0.717, 1.165) is 6.07 Å². The number of benzene rings is 1. The zero-order valence-electron chi connectivity index (χ0n) is 11.9. The summed E-state index contributed by atoms with van der Waals surface area (Å²) in [4.78, 5) is 10.6. The summed E-state index contributed by atoms with van der Waals surface area (Å²) in [5, 5.41) is 5.55. The van der Waals surface area contributed by atoms with Gasteiger partial charge in [0.15, 0.2) is 0 Å². The van der Waals surface area contributed by atoms with Crippen LogP contribution in [0.15, 0.2) is 23.1 Å². The molecular weight excluding hydrogens is 297 g/mol. The van der Waals surface area contributed by atoms with Crippen LogP contribution in [-0.2, 0) is 14.8 Å². The largest absolute Gasteiger partial charge is 0.326 e. The third-order valence-electron chi connectivity index (χ3n) is 3.20. The van der Waals surface area contributed by atoms with Crippen LogP contribution in [0.2, 0.25) is 0 Å². The molecule has 1 atom stereocenters. The Labute approximate surface area is 123 Å². The fraction of sp³-hybridized carbons (Fsp3) is 0.462.